The van der Waals surface area contributed by atoms with Gasteiger partial charge in [0.2, 0.25) is 0 Å². The Morgan fingerprint density at radius 1 is 1.16 bits per heavy atom. The van der Waals surface area contributed by atoms with E-state index >= 15 is 0 Å². The fraction of sp³-hybridized carbons (Fsp3) is 0.333. The zero-order chi connectivity index (χ0) is 14.3. The highest BCUT2D eigenvalue weighted by molar-refractivity contribution is 6.42. The molecule has 104 valence electrons. The summed E-state index contributed by atoms with van der Waals surface area (Å²) in [6.07, 6.45) is -0.508. The molecule has 2 N–H and O–H groups in total. The second-order valence-corrected chi connectivity index (χ2v) is 4.35. The van der Waals surface area contributed by atoms with Gasteiger partial charge in [-0.25, -0.2) is 4.79 Å². The number of carbonyl (C=O) groups excluding carboxylic acids is 2. The van der Waals surface area contributed by atoms with E-state index in [4.69, 9.17) is 23.2 Å². The zero-order valence-corrected chi connectivity index (χ0v) is 11.8. The molecule has 5 nitrogen and oxygen atoms in total. The second-order valence-electron chi connectivity index (χ2n) is 3.53. The van der Waals surface area contributed by atoms with Gasteiger partial charge in [0.25, 0.3) is 5.91 Å². The molecule has 0 aliphatic carbocycles. The van der Waals surface area contributed by atoms with Crippen LogP contribution in [0.25, 0.3) is 0 Å². The van der Waals surface area contributed by atoms with Crippen molar-refractivity contribution in [1.82, 2.24) is 10.6 Å². The van der Waals surface area contributed by atoms with Gasteiger partial charge in [-0.3, -0.25) is 4.79 Å². The molecule has 1 rings (SSSR count). The van der Waals surface area contributed by atoms with Gasteiger partial charge in [-0.1, -0.05) is 23.2 Å². The third kappa shape index (κ3) is 5.36. The quantitative estimate of drug-likeness (QED) is 0.821. The summed E-state index contributed by atoms with van der Waals surface area (Å²) in [7, 11) is 0. The first-order valence-electron chi connectivity index (χ1n) is 5.68. The van der Waals surface area contributed by atoms with Crippen molar-refractivity contribution in [3.8, 4) is 0 Å². The number of ether oxygens (including phenoxy) is 1. The Kier molecular flexibility index (Phi) is 6.45. The first-order valence-corrected chi connectivity index (χ1v) is 6.44. The van der Waals surface area contributed by atoms with E-state index in [-0.39, 0.29) is 19.0 Å². The fourth-order valence-electron chi connectivity index (χ4n) is 1.26. The Morgan fingerprint density at radius 2 is 1.84 bits per heavy atom. The molecule has 0 aliphatic rings. The van der Waals surface area contributed by atoms with Crippen LogP contribution in [0.3, 0.4) is 0 Å². The van der Waals surface area contributed by atoms with Gasteiger partial charge in [-0.05, 0) is 25.1 Å². The molecule has 7 heteroatoms. The largest absolute Gasteiger partial charge is 0.450 e. The van der Waals surface area contributed by atoms with E-state index in [1.165, 1.54) is 6.07 Å². The van der Waals surface area contributed by atoms with E-state index < -0.39 is 6.09 Å². The van der Waals surface area contributed by atoms with Crippen LogP contribution in [0.1, 0.15) is 17.3 Å². The van der Waals surface area contributed by atoms with Gasteiger partial charge < -0.3 is 15.4 Å². The van der Waals surface area contributed by atoms with E-state index in [1.807, 2.05) is 0 Å². The van der Waals surface area contributed by atoms with Crippen LogP contribution in [0.15, 0.2) is 18.2 Å². The highest BCUT2D eigenvalue weighted by Crippen LogP contribution is 2.22. The van der Waals surface area contributed by atoms with Crippen molar-refractivity contribution < 1.29 is 14.3 Å². The lowest BCUT2D eigenvalue weighted by Crippen LogP contribution is -2.34. The van der Waals surface area contributed by atoms with Crippen LogP contribution >= 0.6 is 23.2 Å². The molecule has 0 saturated carbocycles. The summed E-state index contributed by atoms with van der Waals surface area (Å²) in [5, 5.41) is 5.83. The molecule has 19 heavy (non-hydrogen) atoms. The maximum Gasteiger partial charge on any atom is 0.407 e. The van der Waals surface area contributed by atoms with Crippen molar-refractivity contribution in [2.24, 2.45) is 0 Å². The molecule has 0 bridgehead atoms. The molecule has 0 fully saturated rings. The van der Waals surface area contributed by atoms with Crippen LogP contribution < -0.4 is 10.6 Å². The average Bonchev–Trinajstić information content (AvgIpc) is 2.38. The lowest BCUT2D eigenvalue weighted by molar-refractivity contribution is 0.0952. The molecule has 0 aromatic heterocycles. The lowest BCUT2D eigenvalue weighted by atomic mass is 10.2. The number of hydrogen-bond acceptors (Lipinski definition) is 3. The lowest BCUT2D eigenvalue weighted by Gasteiger charge is -2.07. The van der Waals surface area contributed by atoms with Crippen LogP contribution in [-0.2, 0) is 4.74 Å². The zero-order valence-electron chi connectivity index (χ0n) is 10.3. The highest BCUT2D eigenvalue weighted by atomic mass is 35.5. The van der Waals surface area contributed by atoms with Gasteiger partial charge in [0.1, 0.15) is 0 Å². The van der Waals surface area contributed by atoms with Gasteiger partial charge >= 0.3 is 6.09 Å². The van der Waals surface area contributed by atoms with E-state index in [9.17, 15) is 9.59 Å². The number of amides is 2. The topological polar surface area (TPSA) is 67.4 Å². The van der Waals surface area contributed by atoms with Crippen LogP contribution in [0.5, 0.6) is 0 Å². The Morgan fingerprint density at radius 3 is 2.47 bits per heavy atom. The van der Waals surface area contributed by atoms with Gasteiger partial charge in [-0.15, -0.1) is 0 Å². The standard InChI is InChI=1S/C12H14Cl2N2O3/c1-2-19-12(18)16-6-5-15-11(17)8-3-4-9(13)10(14)7-8/h3-4,7H,2,5-6H2,1H3,(H,15,17)(H,16,18). The number of carbonyl (C=O) groups is 2. The van der Waals surface area contributed by atoms with Crippen molar-refractivity contribution in [2.75, 3.05) is 19.7 Å². The van der Waals surface area contributed by atoms with Crippen LogP contribution in [0, 0.1) is 0 Å². The molecule has 0 saturated heterocycles. The van der Waals surface area contributed by atoms with Crippen LogP contribution in [-0.4, -0.2) is 31.7 Å². The molecule has 2 amide bonds. The number of alkyl carbamates (subject to hydrolysis) is 1. The van der Waals surface area contributed by atoms with Gasteiger partial charge in [0.15, 0.2) is 0 Å². The summed E-state index contributed by atoms with van der Waals surface area (Å²) < 4.78 is 4.67. The monoisotopic (exact) mass is 304 g/mol. The first-order chi connectivity index (χ1) is 9.04. The number of hydrogen-bond donors (Lipinski definition) is 2. The highest BCUT2D eigenvalue weighted by Gasteiger charge is 2.07. The van der Waals surface area contributed by atoms with Crippen molar-refractivity contribution in [3.05, 3.63) is 33.8 Å². The minimum absolute atomic E-state index is 0.284. The normalized spacial score (nSPS) is 9.84. The van der Waals surface area contributed by atoms with Crippen LogP contribution in [0.2, 0.25) is 10.0 Å². The fourth-order valence-corrected chi connectivity index (χ4v) is 1.56. The summed E-state index contributed by atoms with van der Waals surface area (Å²) in [4.78, 5) is 22.7. The van der Waals surface area contributed by atoms with Crippen LogP contribution in [0.4, 0.5) is 4.79 Å². The summed E-state index contributed by atoms with van der Waals surface area (Å²) in [5.74, 6) is -0.288. The molecular formula is C12H14Cl2N2O3. The van der Waals surface area contributed by atoms with Crippen molar-refractivity contribution in [3.63, 3.8) is 0 Å². The molecular weight excluding hydrogens is 291 g/mol. The Balaban J connectivity index is 2.35. The Hall–Kier alpha value is -1.46. The van der Waals surface area contributed by atoms with Crippen molar-refractivity contribution >= 4 is 35.2 Å². The third-order valence-electron chi connectivity index (χ3n) is 2.14. The number of nitrogens with one attached hydrogen (secondary N) is 2. The van der Waals surface area contributed by atoms with E-state index in [1.54, 1.807) is 19.1 Å². The average molecular weight is 305 g/mol. The summed E-state index contributed by atoms with van der Waals surface area (Å²) in [6, 6.07) is 4.61. The minimum Gasteiger partial charge on any atom is -0.450 e. The third-order valence-corrected chi connectivity index (χ3v) is 2.88. The van der Waals surface area contributed by atoms with Gasteiger partial charge in [-0.2, -0.15) is 0 Å². The predicted molar refractivity (Wildman–Crippen MR) is 73.8 cm³/mol. The molecule has 0 atom stereocenters. The maximum absolute atomic E-state index is 11.7. The van der Waals surface area contributed by atoms with Crippen molar-refractivity contribution in [1.29, 1.82) is 0 Å². The minimum atomic E-state index is -0.508. The Labute approximate surface area is 121 Å². The molecule has 1 aromatic carbocycles. The predicted octanol–water partition coefficient (Wildman–Crippen LogP) is 2.47. The van der Waals surface area contributed by atoms with E-state index in [0.717, 1.165) is 0 Å². The summed E-state index contributed by atoms with van der Waals surface area (Å²) in [6.45, 7) is 2.59. The van der Waals surface area contributed by atoms with Crippen molar-refractivity contribution in [2.45, 2.75) is 6.92 Å². The second kappa shape index (κ2) is 7.86. The number of benzene rings is 1. The van der Waals surface area contributed by atoms with Gasteiger partial charge in [0.05, 0.1) is 16.7 Å². The molecule has 1 aromatic rings. The number of halogens is 2. The maximum atomic E-state index is 11.7. The summed E-state index contributed by atoms with van der Waals surface area (Å²) >= 11 is 11.6. The molecule has 0 unspecified atom stereocenters. The number of rotatable bonds is 5. The molecule has 0 radical (unpaired) electrons. The molecule has 0 heterocycles. The molecule has 0 aliphatic heterocycles. The molecule has 0 spiro atoms. The van der Waals surface area contributed by atoms with Gasteiger partial charge in [0, 0.05) is 18.7 Å². The van der Waals surface area contributed by atoms with E-state index in [0.29, 0.717) is 22.2 Å². The Bertz CT molecular complexity index is 466. The smallest absolute Gasteiger partial charge is 0.407 e. The summed E-state index contributed by atoms with van der Waals surface area (Å²) in [5.41, 5.74) is 0.408. The van der Waals surface area contributed by atoms with E-state index in [2.05, 4.69) is 15.4 Å². The first kappa shape index (κ1) is 15.6. The SMILES string of the molecule is CCOC(=O)NCCNC(=O)c1ccc(Cl)c(Cl)c1.